The van der Waals surface area contributed by atoms with Gasteiger partial charge in [-0.1, -0.05) is 30.3 Å². The van der Waals surface area contributed by atoms with Crippen LogP contribution in [0.2, 0.25) is 0 Å². The maximum absolute atomic E-state index is 5.82. The zero-order chi connectivity index (χ0) is 16.6. The third-order valence-electron chi connectivity index (χ3n) is 4.62. The van der Waals surface area contributed by atoms with Gasteiger partial charge in [-0.15, -0.1) is 0 Å². The molecule has 1 heterocycles. The van der Waals surface area contributed by atoms with E-state index in [4.69, 9.17) is 4.74 Å². The summed E-state index contributed by atoms with van der Waals surface area (Å²) in [5, 5.41) is 0. The Morgan fingerprint density at radius 1 is 0.875 bits per heavy atom. The van der Waals surface area contributed by atoms with Crippen molar-refractivity contribution in [3.05, 3.63) is 60.2 Å². The Bertz CT molecular complexity index is 606. The molecule has 2 aromatic carbocycles. The topological polar surface area (TPSA) is 15.7 Å². The summed E-state index contributed by atoms with van der Waals surface area (Å²) in [6, 6.07) is 19.0. The fraction of sp³-hybridized carbons (Fsp3) is 0.429. The zero-order valence-corrected chi connectivity index (χ0v) is 14.7. The predicted molar refractivity (Wildman–Crippen MR) is 101 cm³/mol. The molecular formula is C21H28N2O. The maximum atomic E-state index is 5.82. The fourth-order valence-corrected chi connectivity index (χ4v) is 3.20. The quantitative estimate of drug-likeness (QED) is 0.717. The van der Waals surface area contributed by atoms with Gasteiger partial charge in [0.1, 0.15) is 5.75 Å². The van der Waals surface area contributed by atoms with E-state index in [1.54, 1.807) is 0 Å². The number of rotatable bonds is 7. The van der Waals surface area contributed by atoms with Crippen LogP contribution in [0.3, 0.4) is 0 Å². The number of para-hydroxylation sites is 1. The van der Waals surface area contributed by atoms with Crippen LogP contribution >= 0.6 is 0 Å². The number of hydrogen-bond donors (Lipinski definition) is 0. The van der Waals surface area contributed by atoms with Crippen LogP contribution in [-0.4, -0.2) is 44.2 Å². The monoisotopic (exact) mass is 324 g/mol. The van der Waals surface area contributed by atoms with Crippen molar-refractivity contribution in [2.24, 2.45) is 0 Å². The van der Waals surface area contributed by atoms with Crippen LogP contribution in [0.1, 0.15) is 18.4 Å². The Morgan fingerprint density at radius 3 is 2.42 bits per heavy atom. The van der Waals surface area contributed by atoms with Crippen LogP contribution < -0.4 is 9.64 Å². The largest absolute Gasteiger partial charge is 0.494 e. The van der Waals surface area contributed by atoms with Gasteiger partial charge in [0.2, 0.25) is 0 Å². The first-order valence-corrected chi connectivity index (χ1v) is 9.03. The molecule has 0 aromatic heterocycles. The van der Waals surface area contributed by atoms with Crippen molar-refractivity contribution in [2.45, 2.75) is 19.8 Å². The van der Waals surface area contributed by atoms with Gasteiger partial charge in [0.05, 0.1) is 6.61 Å². The summed E-state index contributed by atoms with van der Waals surface area (Å²) < 4.78 is 5.82. The fourth-order valence-electron chi connectivity index (χ4n) is 3.20. The van der Waals surface area contributed by atoms with Gasteiger partial charge in [-0.3, -0.25) is 4.90 Å². The summed E-state index contributed by atoms with van der Waals surface area (Å²) >= 11 is 0. The van der Waals surface area contributed by atoms with Crippen LogP contribution in [0, 0.1) is 6.92 Å². The van der Waals surface area contributed by atoms with E-state index in [2.05, 4.69) is 65.3 Å². The third kappa shape index (κ3) is 5.00. The molecule has 2 aromatic rings. The number of aryl methyl sites for hydroxylation is 1. The van der Waals surface area contributed by atoms with Gasteiger partial charge in [0.15, 0.2) is 0 Å². The zero-order valence-electron chi connectivity index (χ0n) is 14.7. The molecule has 1 fully saturated rings. The predicted octanol–water partition coefficient (Wildman–Crippen LogP) is 3.98. The molecule has 3 heteroatoms. The molecule has 128 valence electrons. The van der Waals surface area contributed by atoms with E-state index in [0.717, 1.165) is 45.0 Å². The molecule has 1 aliphatic rings. The minimum Gasteiger partial charge on any atom is -0.494 e. The first-order valence-electron chi connectivity index (χ1n) is 9.03. The van der Waals surface area contributed by atoms with E-state index < -0.39 is 0 Å². The third-order valence-corrected chi connectivity index (χ3v) is 4.62. The number of nitrogens with zero attached hydrogens (tertiary/aromatic N) is 2. The average Bonchev–Trinajstić information content (AvgIpc) is 2.63. The van der Waals surface area contributed by atoms with Gasteiger partial charge >= 0.3 is 0 Å². The number of ether oxygens (including phenoxy) is 1. The SMILES string of the molecule is Cc1cccc(OCCCCN2CCN(c3ccccc3)CC2)c1. The summed E-state index contributed by atoms with van der Waals surface area (Å²) in [6.45, 7) is 8.67. The number of unbranched alkanes of at least 4 members (excludes halogenated alkanes) is 1. The van der Waals surface area contributed by atoms with Crippen molar-refractivity contribution in [3.8, 4) is 5.75 Å². The molecule has 1 aliphatic heterocycles. The summed E-state index contributed by atoms with van der Waals surface area (Å²) in [5.74, 6) is 0.992. The van der Waals surface area contributed by atoms with E-state index in [9.17, 15) is 0 Å². The summed E-state index contributed by atoms with van der Waals surface area (Å²) in [5.41, 5.74) is 2.60. The van der Waals surface area contributed by atoms with Crippen LogP contribution in [0.4, 0.5) is 5.69 Å². The molecule has 0 aliphatic carbocycles. The van der Waals surface area contributed by atoms with E-state index >= 15 is 0 Å². The number of benzene rings is 2. The van der Waals surface area contributed by atoms with Gasteiger partial charge in [-0.25, -0.2) is 0 Å². The van der Waals surface area contributed by atoms with Crippen molar-refractivity contribution in [2.75, 3.05) is 44.2 Å². The molecule has 0 N–H and O–H groups in total. The second kappa shape index (κ2) is 8.74. The molecule has 1 saturated heterocycles. The van der Waals surface area contributed by atoms with E-state index in [0.29, 0.717) is 0 Å². The second-order valence-corrected chi connectivity index (χ2v) is 6.54. The molecular weight excluding hydrogens is 296 g/mol. The Labute approximate surface area is 145 Å². The van der Waals surface area contributed by atoms with Crippen molar-refractivity contribution >= 4 is 5.69 Å². The minimum absolute atomic E-state index is 0.813. The minimum atomic E-state index is 0.813. The molecule has 0 atom stereocenters. The van der Waals surface area contributed by atoms with Crippen molar-refractivity contribution < 1.29 is 4.74 Å². The van der Waals surface area contributed by atoms with Crippen LogP contribution in [0.5, 0.6) is 5.75 Å². The highest BCUT2D eigenvalue weighted by Crippen LogP contribution is 2.16. The number of hydrogen-bond acceptors (Lipinski definition) is 3. The Kier molecular flexibility index (Phi) is 6.13. The second-order valence-electron chi connectivity index (χ2n) is 6.54. The summed E-state index contributed by atoms with van der Waals surface area (Å²) in [4.78, 5) is 5.06. The van der Waals surface area contributed by atoms with E-state index in [1.165, 1.54) is 24.2 Å². The normalized spacial score (nSPS) is 15.5. The molecule has 24 heavy (non-hydrogen) atoms. The van der Waals surface area contributed by atoms with Crippen LogP contribution in [0.15, 0.2) is 54.6 Å². The first-order chi connectivity index (χ1) is 11.8. The molecule has 0 saturated carbocycles. The van der Waals surface area contributed by atoms with Gasteiger partial charge in [0.25, 0.3) is 0 Å². The number of anilines is 1. The molecule has 0 amide bonds. The lowest BCUT2D eigenvalue weighted by atomic mass is 10.2. The van der Waals surface area contributed by atoms with Crippen LogP contribution in [-0.2, 0) is 0 Å². The lowest BCUT2D eigenvalue weighted by molar-refractivity contribution is 0.238. The van der Waals surface area contributed by atoms with E-state index in [-0.39, 0.29) is 0 Å². The highest BCUT2D eigenvalue weighted by Gasteiger charge is 2.16. The Morgan fingerprint density at radius 2 is 1.67 bits per heavy atom. The summed E-state index contributed by atoms with van der Waals surface area (Å²) in [7, 11) is 0. The summed E-state index contributed by atoms with van der Waals surface area (Å²) in [6.07, 6.45) is 2.32. The first kappa shape index (κ1) is 16.8. The van der Waals surface area contributed by atoms with Crippen molar-refractivity contribution in [3.63, 3.8) is 0 Å². The highest BCUT2D eigenvalue weighted by atomic mass is 16.5. The molecule has 0 spiro atoms. The Hall–Kier alpha value is -2.00. The smallest absolute Gasteiger partial charge is 0.119 e. The van der Waals surface area contributed by atoms with E-state index in [1.807, 2.05) is 6.07 Å². The average molecular weight is 324 g/mol. The lowest BCUT2D eigenvalue weighted by Gasteiger charge is -2.36. The Balaban J connectivity index is 1.30. The molecule has 0 unspecified atom stereocenters. The van der Waals surface area contributed by atoms with Crippen molar-refractivity contribution in [1.82, 2.24) is 4.90 Å². The number of piperazine rings is 1. The molecule has 3 rings (SSSR count). The van der Waals surface area contributed by atoms with Crippen molar-refractivity contribution in [1.29, 1.82) is 0 Å². The van der Waals surface area contributed by atoms with Gasteiger partial charge in [-0.2, -0.15) is 0 Å². The van der Waals surface area contributed by atoms with Gasteiger partial charge in [-0.05, 0) is 56.1 Å². The molecule has 3 nitrogen and oxygen atoms in total. The van der Waals surface area contributed by atoms with Crippen LogP contribution in [0.25, 0.3) is 0 Å². The highest BCUT2D eigenvalue weighted by molar-refractivity contribution is 5.46. The molecule has 0 bridgehead atoms. The molecule has 0 radical (unpaired) electrons. The maximum Gasteiger partial charge on any atom is 0.119 e. The lowest BCUT2D eigenvalue weighted by Crippen LogP contribution is -2.46. The van der Waals surface area contributed by atoms with Gasteiger partial charge < -0.3 is 9.64 Å². The van der Waals surface area contributed by atoms with Gasteiger partial charge in [0, 0.05) is 31.9 Å². The standard InChI is InChI=1S/C21H28N2O/c1-19-8-7-11-21(18-19)24-17-6-5-12-22-13-15-23(16-14-22)20-9-3-2-4-10-20/h2-4,7-11,18H,5-6,12-17H2,1H3.